The zero-order valence-electron chi connectivity index (χ0n) is 19.9. The lowest BCUT2D eigenvalue weighted by Gasteiger charge is -2.17. The number of hydrogen-bond acceptors (Lipinski definition) is 7. The molecule has 0 bridgehead atoms. The highest BCUT2D eigenvalue weighted by atomic mass is 32.2. The van der Waals surface area contributed by atoms with Crippen LogP contribution in [0.15, 0.2) is 66.1 Å². The van der Waals surface area contributed by atoms with Gasteiger partial charge in [0.15, 0.2) is 0 Å². The van der Waals surface area contributed by atoms with Gasteiger partial charge in [-0.15, -0.1) is 0 Å². The molecule has 37 heavy (non-hydrogen) atoms. The summed E-state index contributed by atoms with van der Waals surface area (Å²) in [6, 6.07) is 9.11. The van der Waals surface area contributed by atoms with Crippen LogP contribution >= 0.6 is 0 Å². The van der Waals surface area contributed by atoms with E-state index in [2.05, 4.69) is 24.7 Å². The lowest BCUT2D eigenvalue weighted by molar-refractivity contribution is -0.139. The van der Waals surface area contributed by atoms with Crippen LogP contribution in [0.5, 0.6) is 0 Å². The highest BCUT2D eigenvalue weighted by molar-refractivity contribution is 7.92. The van der Waals surface area contributed by atoms with Gasteiger partial charge in [0.05, 0.1) is 38.9 Å². The molecule has 3 heterocycles. The van der Waals surface area contributed by atoms with Crippen molar-refractivity contribution in [3.63, 3.8) is 0 Å². The molecule has 1 aromatic carbocycles. The molecule has 12 heteroatoms. The van der Waals surface area contributed by atoms with Crippen LogP contribution in [-0.4, -0.2) is 28.4 Å². The van der Waals surface area contributed by atoms with Crippen LogP contribution in [0.2, 0.25) is 0 Å². The Morgan fingerprint density at radius 3 is 2.35 bits per heavy atom. The van der Waals surface area contributed by atoms with E-state index in [4.69, 9.17) is 5.73 Å². The normalized spacial score (nSPS) is 11.9. The number of aromatic nitrogens is 4. The van der Waals surface area contributed by atoms with Gasteiger partial charge in [-0.1, -0.05) is 19.1 Å². The van der Waals surface area contributed by atoms with Crippen molar-refractivity contribution in [3.8, 4) is 22.4 Å². The highest BCUT2D eigenvalue weighted by Gasteiger charge is 2.37. The number of nitrogens with one attached hydrogen (secondary N) is 1. The van der Waals surface area contributed by atoms with Gasteiger partial charge in [-0.05, 0) is 43.7 Å². The average Bonchev–Trinajstić information content (AvgIpc) is 2.89. The van der Waals surface area contributed by atoms with Crippen molar-refractivity contribution >= 4 is 15.7 Å². The number of halogens is 3. The Labute approximate surface area is 211 Å². The van der Waals surface area contributed by atoms with Crippen LogP contribution in [0, 0.1) is 6.92 Å². The zero-order valence-corrected chi connectivity index (χ0v) is 20.7. The van der Waals surface area contributed by atoms with Crippen molar-refractivity contribution < 1.29 is 21.6 Å². The molecule has 192 valence electrons. The standard InChI is InChI=1S/C25H23F3N6O2S/c1-3-20-23(24(33-14-32-20)16-8-9-18(11-29)31-12-16)17-10-21(15(2)30-13-17)34-37(35,36)22-7-5-4-6-19(22)25(26,27)28/h4-10,12-14,34H,3,11,29H2,1-2H3. The largest absolute Gasteiger partial charge is 0.417 e. The lowest BCUT2D eigenvalue weighted by atomic mass is 9.98. The fourth-order valence-corrected chi connectivity index (χ4v) is 5.14. The van der Waals surface area contributed by atoms with Gasteiger partial charge in [0.2, 0.25) is 0 Å². The second kappa shape index (κ2) is 10.2. The lowest BCUT2D eigenvalue weighted by Crippen LogP contribution is -2.19. The van der Waals surface area contributed by atoms with Crippen molar-refractivity contribution in [2.24, 2.45) is 5.73 Å². The van der Waals surface area contributed by atoms with E-state index in [0.717, 1.165) is 18.2 Å². The first-order chi connectivity index (χ1) is 17.5. The summed E-state index contributed by atoms with van der Waals surface area (Å²) in [6.07, 6.45) is 0.285. The maximum absolute atomic E-state index is 13.5. The van der Waals surface area contributed by atoms with E-state index in [1.165, 1.54) is 18.5 Å². The van der Waals surface area contributed by atoms with Gasteiger partial charge in [-0.2, -0.15) is 13.2 Å². The number of benzene rings is 1. The minimum absolute atomic E-state index is 0.0305. The van der Waals surface area contributed by atoms with Gasteiger partial charge in [0.1, 0.15) is 6.33 Å². The summed E-state index contributed by atoms with van der Waals surface area (Å²) in [5.74, 6) is 0. The fourth-order valence-electron chi connectivity index (χ4n) is 3.81. The van der Waals surface area contributed by atoms with E-state index < -0.39 is 26.7 Å². The van der Waals surface area contributed by atoms with Gasteiger partial charge in [0.25, 0.3) is 10.0 Å². The van der Waals surface area contributed by atoms with Crippen molar-refractivity contribution in [1.82, 2.24) is 19.9 Å². The minimum Gasteiger partial charge on any atom is -0.325 e. The minimum atomic E-state index is -4.85. The van der Waals surface area contributed by atoms with Gasteiger partial charge >= 0.3 is 6.18 Å². The first-order valence-electron chi connectivity index (χ1n) is 11.2. The van der Waals surface area contributed by atoms with E-state index in [9.17, 15) is 21.6 Å². The molecular formula is C25H23F3N6O2S. The number of rotatable bonds is 7. The van der Waals surface area contributed by atoms with E-state index in [1.54, 1.807) is 25.4 Å². The van der Waals surface area contributed by atoms with Crippen molar-refractivity contribution in [3.05, 3.63) is 83.8 Å². The molecule has 0 radical (unpaired) electrons. The first-order valence-corrected chi connectivity index (χ1v) is 12.7. The summed E-state index contributed by atoms with van der Waals surface area (Å²) in [5, 5.41) is 0. The van der Waals surface area contributed by atoms with Gasteiger partial charge in [-0.25, -0.2) is 18.4 Å². The smallest absolute Gasteiger partial charge is 0.325 e. The number of anilines is 1. The number of nitrogens with zero attached hydrogens (tertiary/aromatic N) is 4. The molecular weight excluding hydrogens is 505 g/mol. The molecule has 0 amide bonds. The molecule has 0 unspecified atom stereocenters. The molecule has 0 saturated carbocycles. The average molecular weight is 529 g/mol. The molecule has 0 saturated heterocycles. The Morgan fingerprint density at radius 2 is 1.70 bits per heavy atom. The Bertz CT molecular complexity index is 1540. The zero-order chi connectivity index (χ0) is 26.8. The third kappa shape index (κ3) is 5.44. The quantitative estimate of drug-likeness (QED) is 0.355. The Balaban J connectivity index is 1.82. The summed E-state index contributed by atoms with van der Waals surface area (Å²) >= 11 is 0. The number of nitrogens with two attached hydrogens (primary N) is 1. The molecule has 0 aliphatic carbocycles. The van der Waals surface area contributed by atoms with Crippen LogP contribution in [0.4, 0.5) is 18.9 Å². The molecule has 0 spiro atoms. The summed E-state index contributed by atoms with van der Waals surface area (Å²) in [4.78, 5) is 16.5. The molecule has 0 fully saturated rings. The van der Waals surface area contributed by atoms with Gasteiger partial charge in [-0.3, -0.25) is 14.7 Å². The van der Waals surface area contributed by atoms with E-state index in [0.29, 0.717) is 40.2 Å². The fraction of sp³-hybridized carbons (Fsp3) is 0.200. The number of aryl methyl sites for hydroxylation is 2. The van der Waals surface area contributed by atoms with Crippen molar-refractivity contribution in [1.29, 1.82) is 0 Å². The predicted octanol–water partition coefficient (Wildman–Crippen LogP) is 4.75. The maximum Gasteiger partial charge on any atom is 0.417 e. The second-order valence-corrected chi connectivity index (χ2v) is 9.75. The highest BCUT2D eigenvalue weighted by Crippen LogP contribution is 2.37. The van der Waals surface area contributed by atoms with E-state index in [-0.39, 0.29) is 17.9 Å². The molecule has 0 aliphatic heterocycles. The van der Waals surface area contributed by atoms with Crippen LogP contribution in [0.1, 0.15) is 29.6 Å². The maximum atomic E-state index is 13.5. The second-order valence-electron chi connectivity index (χ2n) is 8.10. The van der Waals surface area contributed by atoms with Crippen LogP contribution in [0.25, 0.3) is 22.4 Å². The SMILES string of the molecule is CCc1ncnc(-c2ccc(CN)nc2)c1-c1cnc(C)c(NS(=O)(=O)c2ccccc2C(F)(F)F)c1. The summed E-state index contributed by atoms with van der Waals surface area (Å²) in [5.41, 5.74) is 8.40. The van der Waals surface area contributed by atoms with Crippen molar-refractivity contribution in [2.75, 3.05) is 4.72 Å². The van der Waals surface area contributed by atoms with E-state index in [1.807, 2.05) is 13.0 Å². The Morgan fingerprint density at radius 1 is 0.973 bits per heavy atom. The number of pyridine rings is 2. The third-order valence-electron chi connectivity index (χ3n) is 5.67. The number of alkyl halides is 3. The van der Waals surface area contributed by atoms with Crippen molar-refractivity contribution in [2.45, 2.75) is 37.9 Å². The van der Waals surface area contributed by atoms with E-state index >= 15 is 0 Å². The summed E-state index contributed by atoms with van der Waals surface area (Å²) < 4.78 is 68.9. The molecule has 3 aromatic heterocycles. The van der Waals surface area contributed by atoms with Gasteiger partial charge < -0.3 is 5.73 Å². The topological polar surface area (TPSA) is 124 Å². The number of sulfonamides is 1. The first kappa shape index (κ1) is 26.2. The molecule has 0 aliphatic rings. The molecule has 4 aromatic rings. The molecule has 8 nitrogen and oxygen atoms in total. The van der Waals surface area contributed by atoms with Gasteiger partial charge in [0, 0.05) is 35.6 Å². The Hall–Kier alpha value is -3.90. The molecule has 4 rings (SSSR count). The molecule has 3 N–H and O–H groups in total. The monoisotopic (exact) mass is 528 g/mol. The summed E-state index contributed by atoms with van der Waals surface area (Å²) in [7, 11) is -4.60. The number of hydrogen-bond donors (Lipinski definition) is 2. The van der Waals surface area contributed by atoms with Crippen LogP contribution in [-0.2, 0) is 29.2 Å². The third-order valence-corrected chi connectivity index (χ3v) is 7.09. The van der Waals surface area contributed by atoms with Crippen LogP contribution in [0.3, 0.4) is 0 Å². The predicted molar refractivity (Wildman–Crippen MR) is 133 cm³/mol. The van der Waals surface area contributed by atoms with Crippen LogP contribution < -0.4 is 10.5 Å². The molecule has 0 atom stereocenters. The summed E-state index contributed by atoms with van der Waals surface area (Å²) in [6.45, 7) is 3.74. The Kier molecular flexibility index (Phi) is 7.23.